The van der Waals surface area contributed by atoms with Crippen molar-refractivity contribution in [3.05, 3.63) is 45.6 Å². The zero-order chi connectivity index (χ0) is 11.5. The van der Waals surface area contributed by atoms with E-state index < -0.39 is 0 Å². The van der Waals surface area contributed by atoms with Crippen molar-refractivity contribution in [2.75, 3.05) is 6.61 Å². The molecule has 1 aromatic rings. The van der Waals surface area contributed by atoms with Crippen LogP contribution in [0.15, 0.2) is 34.5 Å². The van der Waals surface area contributed by atoms with E-state index in [4.69, 9.17) is 10.5 Å². The number of aryl methyl sites for hydroxylation is 1. The van der Waals surface area contributed by atoms with Gasteiger partial charge in [0, 0.05) is 4.47 Å². The summed E-state index contributed by atoms with van der Waals surface area (Å²) < 4.78 is 6.65. The van der Waals surface area contributed by atoms with Crippen LogP contribution < -0.4 is 5.73 Å². The van der Waals surface area contributed by atoms with Gasteiger partial charge in [0.1, 0.15) is 5.76 Å². The third-order valence-corrected chi connectivity index (χ3v) is 3.45. The molecule has 0 bridgehead atoms. The Balaban J connectivity index is 2.26. The molecular weight excluding hydrogens is 266 g/mol. The molecule has 2 N–H and O–H groups in total. The molecule has 0 radical (unpaired) electrons. The Bertz CT molecular complexity index is 414. The SMILES string of the molecule is Cc1ccc(C(N)C2=CCCCO2)c(Br)c1. The van der Waals surface area contributed by atoms with Crippen molar-refractivity contribution in [2.24, 2.45) is 5.73 Å². The number of halogens is 1. The second-order valence-electron chi connectivity index (χ2n) is 4.10. The monoisotopic (exact) mass is 281 g/mol. The van der Waals surface area contributed by atoms with Crippen LogP contribution in [0.5, 0.6) is 0 Å². The van der Waals surface area contributed by atoms with Gasteiger partial charge in [-0.2, -0.15) is 0 Å². The van der Waals surface area contributed by atoms with E-state index in [2.05, 4.69) is 47.1 Å². The number of hydrogen-bond donors (Lipinski definition) is 1. The molecular formula is C13H16BrNO. The lowest BCUT2D eigenvalue weighted by Gasteiger charge is -2.21. The van der Waals surface area contributed by atoms with E-state index in [1.807, 2.05) is 0 Å². The summed E-state index contributed by atoms with van der Waals surface area (Å²) in [6, 6.07) is 6.06. The van der Waals surface area contributed by atoms with E-state index in [9.17, 15) is 0 Å². The van der Waals surface area contributed by atoms with E-state index in [1.165, 1.54) is 5.56 Å². The van der Waals surface area contributed by atoms with Crippen molar-refractivity contribution >= 4 is 15.9 Å². The van der Waals surface area contributed by atoms with Crippen molar-refractivity contribution in [1.29, 1.82) is 0 Å². The first-order valence-electron chi connectivity index (χ1n) is 5.53. The Hall–Kier alpha value is -0.800. The normalized spacial score (nSPS) is 17.6. The van der Waals surface area contributed by atoms with Crippen molar-refractivity contribution in [2.45, 2.75) is 25.8 Å². The van der Waals surface area contributed by atoms with Gasteiger partial charge in [-0.05, 0) is 43.0 Å². The molecule has 0 spiro atoms. The van der Waals surface area contributed by atoms with E-state index in [0.29, 0.717) is 0 Å². The van der Waals surface area contributed by atoms with Gasteiger partial charge in [-0.3, -0.25) is 0 Å². The van der Waals surface area contributed by atoms with Crippen molar-refractivity contribution in [3.8, 4) is 0 Å². The average Bonchev–Trinajstić information content (AvgIpc) is 2.29. The summed E-state index contributed by atoms with van der Waals surface area (Å²) in [6.07, 6.45) is 4.25. The van der Waals surface area contributed by atoms with Gasteiger partial charge in [-0.25, -0.2) is 0 Å². The molecule has 2 nitrogen and oxygen atoms in total. The fraction of sp³-hybridized carbons (Fsp3) is 0.385. The highest BCUT2D eigenvalue weighted by atomic mass is 79.9. The number of rotatable bonds is 2. The van der Waals surface area contributed by atoms with Gasteiger partial charge in [0.05, 0.1) is 12.6 Å². The van der Waals surface area contributed by atoms with E-state index in [1.54, 1.807) is 0 Å². The quantitative estimate of drug-likeness (QED) is 0.901. The molecule has 1 heterocycles. The molecule has 0 aliphatic carbocycles. The second kappa shape index (κ2) is 5.02. The summed E-state index contributed by atoms with van der Waals surface area (Å²) >= 11 is 3.55. The van der Waals surface area contributed by atoms with Crippen LogP contribution in [0.2, 0.25) is 0 Å². The van der Waals surface area contributed by atoms with E-state index >= 15 is 0 Å². The first-order valence-corrected chi connectivity index (χ1v) is 6.32. The van der Waals surface area contributed by atoms with Gasteiger partial charge in [-0.1, -0.05) is 28.1 Å². The number of hydrogen-bond acceptors (Lipinski definition) is 2. The molecule has 0 amide bonds. The van der Waals surface area contributed by atoms with E-state index in [0.717, 1.165) is 35.2 Å². The summed E-state index contributed by atoms with van der Waals surface area (Å²) in [6.45, 7) is 2.85. The second-order valence-corrected chi connectivity index (χ2v) is 4.95. The number of allylic oxidation sites excluding steroid dienone is 1. The van der Waals surface area contributed by atoms with Gasteiger partial charge in [-0.15, -0.1) is 0 Å². The molecule has 1 unspecified atom stereocenters. The van der Waals surface area contributed by atoms with Crippen LogP contribution in [0.1, 0.15) is 30.0 Å². The van der Waals surface area contributed by atoms with Gasteiger partial charge in [0.2, 0.25) is 0 Å². The molecule has 0 saturated heterocycles. The zero-order valence-electron chi connectivity index (χ0n) is 9.37. The third-order valence-electron chi connectivity index (χ3n) is 2.76. The van der Waals surface area contributed by atoms with Crippen molar-refractivity contribution < 1.29 is 4.74 Å². The predicted molar refractivity (Wildman–Crippen MR) is 69.1 cm³/mol. The molecule has 1 aromatic carbocycles. The molecule has 1 aliphatic rings. The van der Waals surface area contributed by atoms with Gasteiger partial charge < -0.3 is 10.5 Å². The van der Waals surface area contributed by atoms with Crippen LogP contribution in [0, 0.1) is 6.92 Å². The lowest BCUT2D eigenvalue weighted by atomic mass is 10.0. The molecule has 16 heavy (non-hydrogen) atoms. The van der Waals surface area contributed by atoms with Gasteiger partial charge in [0.15, 0.2) is 0 Å². The Kier molecular flexibility index (Phi) is 3.66. The lowest BCUT2D eigenvalue weighted by Crippen LogP contribution is -2.18. The van der Waals surface area contributed by atoms with Gasteiger partial charge in [0.25, 0.3) is 0 Å². The summed E-state index contributed by atoms with van der Waals surface area (Å²) in [5.41, 5.74) is 8.50. The average molecular weight is 282 g/mol. The Labute approximate surface area is 105 Å². The predicted octanol–water partition coefficient (Wildman–Crippen LogP) is 3.45. The van der Waals surface area contributed by atoms with E-state index in [-0.39, 0.29) is 6.04 Å². The molecule has 86 valence electrons. The standard InChI is InChI=1S/C13H16BrNO/c1-9-5-6-10(11(14)8-9)13(15)12-4-2-3-7-16-12/h4-6,8,13H,2-3,7,15H2,1H3. The number of ether oxygens (including phenoxy) is 1. The largest absolute Gasteiger partial charge is 0.496 e. The van der Waals surface area contributed by atoms with Gasteiger partial charge >= 0.3 is 0 Å². The fourth-order valence-corrected chi connectivity index (χ4v) is 2.57. The zero-order valence-corrected chi connectivity index (χ0v) is 11.0. The Morgan fingerprint density at radius 3 is 2.88 bits per heavy atom. The molecule has 1 aliphatic heterocycles. The van der Waals surface area contributed by atoms with Crippen molar-refractivity contribution in [3.63, 3.8) is 0 Å². The summed E-state index contributed by atoms with van der Waals surface area (Å²) in [7, 11) is 0. The molecule has 0 fully saturated rings. The summed E-state index contributed by atoms with van der Waals surface area (Å²) in [5.74, 6) is 0.899. The smallest absolute Gasteiger partial charge is 0.113 e. The topological polar surface area (TPSA) is 35.2 Å². The first kappa shape index (κ1) is 11.7. The molecule has 1 atom stereocenters. The third kappa shape index (κ3) is 2.47. The van der Waals surface area contributed by atoms with Crippen LogP contribution in [-0.4, -0.2) is 6.61 Å². The molecule has 3 heteroatoms. The Morgan fingerprint density at radius 1 is 1.44 bits per heavy atom. The maximum Gasteiger partial charge on any atom is 0.113 e. The van der Waals surface area contributed by atoms with Crippen molar-refractivity contribution in [1.82, 2.24) is 0 Å². The summed E-state index contributed by atoms with van der Waals surface area (Å²) in [4.78, 5) is 0. The molecule has 0 saturated carbocycles. The highest BCUT2D eigenvalue weighted by Crippen LogP contribution is 2.29. The van der Waals surface area contributed by atoms with Crippen LogP contribution in [-0.2, 0) is 4.74 Å². The minimum absolute atomic E-state index is 0.157. The summed E-state index contributed by atoms with van der Waals surface area (Å²) in [5, 5.41) is 0. The highest BCUT2D eigenvalue weighted by Gasteiger charge is 2.17. The minimum Gasteiger partial charge on any atom is -0.496 e. The van der Waals surface area contributed by atoms with Crippen LogP contribution in [0.4, 0.5) is 0 Å². The highest BCUT2D eigenvalue weighted by molar-refractivity contribution is 9.10. The van der Waals surface area contributed by atoms with Crippen LogP contribution in [0.3, 0.4) is 0 Å². The Morgan fingerprint density at radius 2 is 2.25 bits per heavy atom. The minimum atomic E-state index is -0.157. The lowest BCUT2D eigenvalue weighted by molar-refractivity contribution is 0.175. The van der Waals surface area contributed by atoms with Crippen LogP contribution >= 0.6 is 15.9 Å². The number of nitrogens with two attached hydrogens (primary N) is 1. The number of benzene rings is 1. The van der Waals surface area contributed by atoms with Crippen LogP contribution in [0.25, 0.3) is 0 Å². The maximum absolute atomic E-state index is 6.20. The molecule has 2 rings (SSSR count). The fourth-order valence-electron chi connectivity index (χ4n) is 1.83. The maximum atomic E-state index is 6.20. The first-order chi connectivity index (χ1) is 7.68. The molecule has 0 aromatic heterocycles.